The number of benzene rings is 3. The number of amides is 2. The molecule has 2 amide bonds. The highest BCUT2D eigenvalue weighted by molar-refractivity contribution is 8.27. The number of nitrogens with zero attached hydrogens (tertiary/aromatic N) is 1. The number of halogens is 4. The first kappa shape index (κ1) is 27.5. The minimum Gasteiger partial charge on any atom is -0.493 e. The average molecular weight is 579 g/mol. The van der Waals surface area contributed by atoms with E-state index >= 15 is 0 Å². The van der Waals surface area contributed by atoms with Crippen LogP contribution in [0.15, 0.2) is 71.6 Å². The minimum absolute atomic E-state index is 0.0128. The summed E-state index contributed by atoms with van der Waals surface area (Å²) in [5.74, 6) is -0.639. The fourth-order valence-corrected chi connectivity index (χ4v) is 5.06. The van der Waals surface area contributed by atoms with Crippen LogP contribution in [0.4, 0.5) is 24.5 Å². The number of rotatable bonds is 7. The summed E-state index contributed by atoms with van der Waals surface area (Å²) in [6, 6.07) is 16.3. The van der Waals surface area contributed by atoms with E-state index in [1.165, 1.54) is 31.4 Å². The molecular formula is C26H18ClF3N2O4S2. The third-order valence-corrected chi connectivity index (χ3v) is 6.76. The molecule has 12 heteroatoms. The number of thiocarbonyl (C=S) groups is 1. The summed E-state index contributed by atoms with van der Waals surface area (Å²) in [5.41, 5.74) is 0.186. The highest BCUT2D eigenvalue weighted by Gasteiger charge is 2.36. The zero-order valence-corrected chi connectivity index (χ0v) is 21.9. The van der Waals surface area contributed by atoms with E-state index < -0.39 is 23.6 Å². The molecule has 0 unspecified atom stereocenters. The molecule has 1 aliphatic rings. The summed E-state index contributed by atoms with van der Waals surface area (Å²) in [6.07, 6.45) is -3.07. The summed E-state index contributed by atoms with van der Waals surface area (Å²) in [7, 11) is 1.39. The van der Waals surface area contributed by atoms with E-state index in [0.717, 1.165) is 28.8 Å². The zero-order valence-electron chi connectivity index (χ0n) is 19.5. The van der Waals surface area contributed by atoms with E-state index in [-0.39, 0.29) is 38.0 Å². The van der Waals surface area contributed by atoms with Crippen LogP contribution in [-0.4, -0.2) is 29.9 Å². The van der Waals surface area contributed by atoms with Gasteiger partial charge in [-0.1, -0.05) is 59.8 Å². The van der Waals surface area contributed by atoms with Crippen LogP contribution in [0.3, 0.4) is 0 Å². The topological polar surface area (TPSA) is 67.9 Å². The van der Waals surface area contributed by atoms with Crippen LogP contribution in [0.2, 0.25) is 5.02 Å². The molecule has 0 spiro atoms. The standard InChI is InChI=1S/C26H18ClF3N2O4S2/c1-35-20-11-15(10-19(27)23(20)36-14-22(33)31-17-7-3-2-4-8-17)12-21-24(34)32(25(37)38-21)18-9-5-6-16(13-18)26(28,29)30/h2-13H,14H2,1H3,(H,31,33)/b21-12-. The molecule has 1 N–H and O–H groups in total. The number of carbonyl (C=O) groups is 2. The fourth-order valence-electron chi connectivity index (χ4n) is 3.48. The zero-order chi connectivity index (χ0) is 27.4. The Balaban J connectivity index is 1.52. The van der Waals surface area contributed by atoms with Crippen LogP contribution in [0.25, 0.3) is 6.08 Å². The predicted octanol–water partition coefficient (Wildman–Crippen LogP) is 6.79. The highest BCUT2D eigenvalue weighted by Crippen LogP contribution is 2.41. The van der Waals surface area contributed by atoms with Gasteiger partial charge in [-0.2, -0.15) is 13.2 Å². The van der Waals surface area contributed by atoms with Crippen molar-refractivity contribution in [2.24, 2.45) is 0 Å². The fraction of sp³-hybridized carbons (Fsp3) is 0.115. The lowest BCUT2D eigenvalue weighted by Crippen LogP contribution is -2.27. The Kier molecular flexibility index (Phi) is 8.29. The summed E-state index contributed by atoms with van der Waals surface area (Å²) in [5, 5.41) is 2.81. The molecule has 0 saturated carbocycles. The molecule has 0 radical (unpaired) electrons. The van der Waals surface area contributed by atoms with Crippen molar-refractivity contribution in [1.82, 2.24) is 0 Å². The Morgan fingerprint density at radius 3 is 2.55 bits per heavy atom. The van der Waals surface area contributed by atoms with Gasteiger partial charge in [0.1, 0.15) is 0 Å². The van der Waals surface area contributed by atoms with Gasteiger partial charge in [-0.15, -0.1) is 0 Å². The largest absolute Gasteiger partial charge is 0.493 e. The molecule has 1 aliphatic heterocycles. The predicted molar refractivity (Wildman–Crippen MR) is 146 cm³/mol. The van der Waals surface area contributed by atoms with E-state index in [2.05, 4.69) is 5.32 Å². The smallest absolute Gasteiger partial charge is 0.416 e. The lowest BCUT2D eigenvalue weighted by Gasteiger charge is -2.16. The van der Waals surface area contributed by atoms with Crippen molar-refractivity contribution in [3.63, 3.8) is 0 Å². The third-order valence-electron chi connectivity index (χ3n) is 5.18. The van der Waals surface area contributed by atoms with Crippen LogP contribution in [0.1, 0.15) is 11.1 Å². The summed E-state index contributed by atoms with van der Waals surface area (Å²) in [4.78, 5) is 26.5. The number of nitrogens with one attached hydrogen (secondary N) is 1. The Morgan fingerprint density at radius 1 is 1.13 bits per heavy atom. The number of para-hydroxylation sites is 1. The van der Waals surface area contributed by atoms with Crippen molar-refractivity contribution in [2.75, 3.05) is 23.9 Å². The van der Waals surface area contributed by atoms with Gasteiger partial charge in [-0.25, -0.2) is 0 Å². The normalized spacial score (nSPS) is 14.7. The maximum absolute atomic E-state index is 13.1. The molecular weight excluding hydrogens is 561 g/mol. The molecule has 0 bridgehead atoms. The Hall–Kier alpha value is -3.54. The number of hydrogen-bond acceptors (Lipinski definition) is 6. The van der Waals surface area contributed by atoms with Gasteiger partial charge in [0.05, 0.1) is 28.3 Å². The Morgan fingerprint density at radius 2 is 1.87 bits per heavy atom. The van der Waals surface area contributed by atoms with Crippen molar-refractivity contribution < 1.29 is 32.2 Å². The van der Waals surface area contributed by atoms with Crippen molar-refractivity contribution in [2.45, 2.75) is 6.18 Å². The lowest BCUT2D eigenvalue weighted by molar-refractivity contribution is -0.137. The number of anilines is 2. The van der Waals surface area contributed by atoms with Gasteiger partial charge in [-0.05, 0) is 54.1 Å². The molecule has 0 aliphatic carbocycles. The molecule has 196 valence electrons. The number of thioether (sulfide) groups is 1. The number of methoxy groups -OCH3 is 1. The van der Waals surface area contributed by atoms with Crippen LogP contribution in [0.5, 0.6) is 11.5 Å². The second-order valence-electron chi connectivity index (χ2n) is 7.80. The first-order valence-electron chi connectivity index (χ1n) is 10.9. The molecule has 1 heterocycles. The van der Waals surface area contributed by atoms with Gasteiger partial charge in [0.2, 0.25) is 0 Å². The SMILES string of the molecule is COc1cc(/C=C2\SC(=S)N(c3cccc(C(F)(F)F)c3)C2=O)cc(Cl)c1OCC(=O)Nc1ccccc1. The monoisotopic (exact) mass is 578 g/mol. The second kappa shape index (κ2) is 11.5. The van der Waals surface area contributed by atoms with Gasteiger partial charge < -0.3 is 14.8 Å². The molecule has 1 saturated heterocycles. The molecule has 3 aromatic rings. The minimum atomic E-state index is -4.56. The summed E-state index contributed by atoms with van der Waals surface area (Å²) in [6.45, 7) is -0.333. The quantitative estimate of drug-likeness (QED) is 0.246. The number of ether oxygens (including phenoxy) is 2. The summed E-state index contributed by atoms with van der Waals surface area (Å²) < 4.78 is 50.5. The van der Waals surface area contributed by atoms with Gasteiger partial charge in [0.25, 0.3) is 11.8 Å². The van der Waals surface area contributed by atoms with Crippen molar-refractivity contribution in [3.8, 4) is 11.5 Å². The average Bonchev–Trinajstić information content (AvgIpc) is 3.15. The maximum Gasteiger partial charge on any atom is 0.416 e. The first-order valence-corrected chi connectivity index (χ1v) is 12.5. The molecule has 6 nitrogen and oxygen atoms in total. The van der Waals surface area contributed by atoms with Crippen LogP contribution >= 0.6 is 35.6 Å². The molecule has 4 rings (SSSR count). The number of alkyl halides is 3. The van der Waals surface area contributed by atoms with E-state index in [0.29, 0.717) is 11.3 Å². The van der Waals surface area contributed by atoms with Gasteiger partial charge in [-0.3, -0.25) is 14.5 Å². The van der Waals surface area contributed by atoms with Crippen molar-refractivity contribution in [1.29, 1.82) is 0 Å². The molecule has 1 fully saturated rings. The van der Waals surface area contributed by atoms with Gasteiger partial charge in [0.15, 0.2) is 22.4 Å². The number of hydrogen-bond donors (Lipinski definition) is 1. The van der Waals surface area contributed by atoms with E-state index in [1.54, 1.807) is 30.3 Å². The lowest BCUT2D eigenvalue weighted by atomic mass is 10.1. The second-order valence-corrected chi connectivity index (χ2v) is 9.89. The van der Waals surface area contributed by atoms with Crippen molar-refractivity contribution in [3.05, 3.63) is 87.8 Å². The van der Waals surface area contributed by atoms with E-state index in [9.17, 15) is 22.8 Å². The molecule has 3 aromatic carbocycles. The van der Waals surface area contributed by atoms with Crippen molar-refractivity contribution >= 4 is 69.2 Å². The summed E-state index contributed by atoms with van der Waals surface area (Å²) >= 11 is 12.6. The number of carbonyl (C=O) groups excluding carboxylic acids is 2. The van der Waals surface area contributed by atoms with Crippen LogP contribution in [-0.2, 0) is 15.8 Å². The van der Waals surface area contributed by atoms with E-state index in [1.807, 2.05) is 6.07 Å². The third kappa shape index (κ3) is 6.29. The maximum atomic E-state index is 13.1. The van der Waals surface area contributed by atoms with Crippen LogP contribution in [0, 0.1) is 0 Å². The molecule has 38 heavy (non-hydrogen) atoms. The highest BCUT2D eigenvalue weighted by atomic mass is 35.5. The Labute approximate surface area is 230 Å². The molecule has 0 atom stereocenters. The van der Waals surface area contributed by atoms with Crippen LogP contribution < -0.4 is 19.7 Å². The first-order chi connectivity index (χ1) is 18.1. The van der Waals surface area contributed by atoms with Gasteiger partial charge >= 0.3 is 6.18 Å². The van der Waals surface area contributed by atoms with Gasteiger partial charge in [0, 0.05) is 5.69 Å². The van der Waals surface area contributed by atoms with E-state index in [4.69, 9.17) is 33.3 Å². The molecule has 0 aromatic heterocycles. The Bertz CT molecular complexity index is 1430.